The van der Waals surface area contributed by atoms with Crippen molar-refractivity contribution in [3.05, 3.63) is 29.8 Å². The summed E-state index contributed by atoms with van der Waals surface area (Å²) in [6.45, 7) is -0.334. The number of cyclic esters (lactones) is 1. The van der Waals surface area contributed by atoms with Gasteiger partial charge in [0.2, 0.25) is 0 Å². The van der Waals surface area contributed by atoms with Crippen LogP contribution in [-0.2, 0) is 19.1 Å². The maximum Gasteiger partial charge on any atom is 0.325 e. The van der Waals surface area contributed by atoms with Gasteiger partial charge in [0.15, 0.2) is 35.6 Å². The third-order valence-electron chi connectivity index (χ3n) is 3.05. The van der Waals surface area contributed by atoms with Crippen molar-refractivity contribution < 1.29 is 28.6 Å². The smallest absolute Gasteiger partial charge is 0.325 e. The maximum atomic E-state index is 11.9. The first-order valence-corrected chi connectivity index (χ1v) is 6.20. The van der Waals surface area contributed by atoms with Gasteiger partial charge in [0.1, 0.15) is 0 Å². The molecule has 1 fully saturated rings. The van der Waals surface area contributed by atoms with E-state index in [1.807, 2.05) is 0 Å². The molecule has 21 heavy (non-hydrogen) atoms. The monoisotopic (exact) mass is 290 g/mol. The number of Topliss-reactive ketones (excluding diaryl/α,β-unsaturated/α-hetero) is 1. The number of benzene rings is 1. The van der Waals surface area contributed by atoms with Gasteiger partial charge in [0.25, 0.3) is 0 Å². The topological polar surface area (TPSA) is 78.9 Å². The van der Waals surface area contributed by atoms with E-state index in [2.05, 4.69) is 4.74 Å². The molecule has 1 aliphatic heterocycles. The van der Waals surface area contributed by atoms with Crippen molar-refractivity contribution in [3.63, 3.8) is 0 Å². The van der Waals surface area contributed by atoms with E-state index in [9.17, 15) is 14.4 Å². The maximum absolute atomic E-state index is 11.9. The molecule has 0 saturated carbocycles. The molecule has 0 radical (unpaired) electrons. The molecule has 1 heterocycles. The van der Waals surface area contributed by atoms with Gasteiger partial charge in [-0.3, -0.25) is 14.4 Å². The van der Waals surface area contributed by atoms with Gasteiger partial charge in [-0.15, -0.1) is 0 Å². The minimum Gasteiger partial charge on any atom is -0.493 e. The Labute approximate surface area is 121 Å². The van der Waals surface area contributed by atoms with E-state index in [4.69, 9.17) is 9.47 Å². The first-order chi connectivity index (χ1) is 10.1. The minimum absolute atomic E-state index is 0.334. The third kappa shape index (κ3) is 3.10. The molecule has 1 aromatic rings. The summed E-state index contributed by atoms with van der Waals surface area (Å²) in [5, 5.41) is 0. The van der Waals surface area contributed by atoms with Crippen LogP contribution in [0.2, 0.25) is 0 Å². The van der Waals surface area contributed by atoms with E-state index in [0.717, 1.165) is 0 Å². The molecule has 6 nitrogen and oxygen atoms in total. The molecule has 2 rings (SSSR count). The van der Waals surface area contributed by atoms with Gasteiger partial charge in [-0.1, -0.05) is 12.1 Å². The van der Waals surface area contributed by atoms with Crippen LogP contribution < -0.4 is 9.47 Å². The van der Waals surface area contributed by atoms with E-state index in [1.54, 1.807) is 18.2 Å². The highest BCUT2D eigenvalue weighted by molar-refractivity contribution is 6.24. The van der Waals surface area contributed by atoms with E-state index in [0.29, 0.717) is 17.1 Å². The lowest BCUT2D eigenvalue weighted by molar-refractivity contribution is -0.143. The summed E-state index contributed by atoms with van der Waals surface area (Å²) >= 11 is 0. The Hall–Kier alpha value is -2.63. The van der Waals surface area contributed by atoms with E-state index >= 15 is 0 Å². The molecule has 1 unspecified atom stereocenters. The van der Waals surface area contributed by atoms with E-state index < -0.39 is 23.5 Å². The predicted octanol–water partition coefficient (Wildman–Crippen LogP) is 1.03. The van der Waals surface area contributed by atoms with E-state index in [-0.39, 0.29) is 6.61 Å². The number of hydrogen-bond acceptors (Lipinski definition) is 6. The lowest BCUT2D eigenvalue weighted by Crippen LogP contribution is -2.23. The van der Waals surface area contributed by atoms with E-state index in [1.165, 1.54) is 26.4 Å². The van der Waals surface area contributed by atoms with Gasteiger partial charge in [0, 0.05) is 0 Å². The molecule has 6 heteroatoms. The van der Waals surface area contributed by atoms with Gasteiger partial charge >= 0.3 is 5.97 Å². The lowest BCUT2D eigenvalue weighted by Gasteiger charge is -2.07. The molecule has 0 spiro atoms. The fraction of sp³-hybridized carbons (Fsp3) is 0.267. The van der Waals surface area contributed by atoms with Crippen LogP contribution in [0.1, 0.15) is 5.56 Å². The Morgan fingerprint density at radius 2 is 1.95 bits per heavy atom. The number of carbonyl (C=O) groups excluding carboxylic acids is 3. The highest BCUT2D eigenvalue weighted by Gasteiger charge is 2.39. The molecule has 110 valence electrons. The average Bonchev–Trinajstić information content (AvgIpc) is 2.83. The first-order valence-electron chi connectivity index (χ1n) is 6.20. The fourth-order valence-corrected chi connectivity index (χ4v) is 1.95. The summed E-state index contributed by atoms with van der Waals surface area (Å²) in [4.78, 5) is 34.5. The third-order valence-corrected chi connectivity index (χ3v) is 3.05. The molecule has 1 saturated heterocycles. The fourth-order valence-electron chi connectivity index (χ4n) is 1.95. The van der Waals surface area contributed by atoms with Crippen LogP contribution >= 0.6 is 0 Å². The molecule has 1 aliphatic rings. The van der Waals surface area contributed by atoms with Crippen LogP contribution in [0.25, 0.3) is 6.08 Å². The van der Waals surface area contributed by atoms with Gasteiger partial charge in [0.05, 0.1) is 14.2 Å². The number of ketones is 2. The summed E-state index contributed by atoms with van der Waals surface area (Å²) in [5.41, 5.74) is 0.680. The Bertz CT molecular complexity index is 601. The summed E-state index contributed by atoms with van der Waals surface area (Å²) < 4.78 is 14.8. The zero-order valence-corrected chi connectivity index (χ0v) is 11.6. The SMILES string of the molecule is COc1ccc(C=CC(=O)C2C(=O)COC2=O)cc1OC. The molecular formula is C15H14O6. The normalized spacial score (nSPS) is 17.9. The zero-order valence-electron chi connectivity index (χ0n) is 11.6. The second-order valence-corrected chi connectivity index (χ2v) is 4.36. The summed E-state index contributed by atoms with van der Waals surface area (Å²) in [6, 6.07) is 5.09. The minimum atomic E-state index is -1.33. The number of rotatable bonds is 5. The Morgan fingerprint density at radius 3 is 2.52 bits per heavy atom. The van der Waals surface area contributed by atoms with Gasteiger partial charge in [-0.25, -0.2) is 0 Å². The summed E-state index contributed by atoms with van der Waals surface area (Å²) in [6.07, 6.45) is 2.69. The molecular weight excluding hydrogens is 276 g/mol. The Balaban J connectivity index is 2.15. The average molecular weight is 290 g/mol. The number of ether oxygens (including phenoxy) is 3. The zero-order chi connectivity index (χ0) is 15.4. The van der Waals surface area contributed by atoms with Crippen molar-refractivity contribution in [2.75, 3.05) is 20.8 Å². The van der Waals surface area contributed by atoms with Crippen LogP contribution in [0.15, 0.2) is 24.3 Å². The number of hydrogen-bond donors (Lipinski definition) is 0. The van der Waals surface area contributed by atoms with Gasteiger partial charge in [-0.05, 0) is 23.8 Å². The Kier molecular flexibility index (Phi) is 4.37. The number of allylic oxidation sites excluding steroid dienone is 1. The standard InChI is InChI=1S/C15H14O6/c1-19-12-6-4-9(7-13(12)20-2)3-5-10(16)14-11(17)8-21-15(14)18/h3-7,14H,8H2,1-2H3. The number of methoxy groups -OCH3 is 2. The van der Waals surface area contributed by atoms with Crippen LogP contribution in [0, 0.1) is 5.92 Å². The van der Waals surface area contributed by atoms with Crippen LogP contribution in [0.4, 0.5) is 0 Å². The lowest BCUT2D eigenvalue weighted by atomic mass is 10.0. The molecule has 0 aliphatic carbocycles. The molecule has 0 bridgehead atoms. The van der Waals surface area contributed by atoms with Crippen LogP contribution in [0.5, 0.6) is 11.5 Å². The highest BCUT2D eigenvalue weighted by atomic mass is 16.5. The van der Waals surface area contributed by atoms with Crippen LogP contribution in [0.3, 0.4) is 0 Å². The molecule has 1 atom stereocenters. The van der Waals surface area contributed by atoms with Gasteiger partial charge in [-0.2, -0.15) is 0 Å². The Morgan fingerprint density at radius 1 is 1.24 bits per heavy atom. The van der Waals surface area contributed by atoms with Crippen molar-refractivity contribution in [1.29, 1.82) is 0 Å². The van der Waals surface area contributed by atoms with Crippen molar-refractivity contribution in [1.82, 2.24) is 0 Å². The van der Waals surface area contributed by atoms with Crippen LogP contribution in [-0.4, -0.2) is 38.4 Å². The molecule has 0 amide bonds. The first kappa shape index (κ1) is 14.8. The second kappa shape index (κ2) is 6.21. The quantitative estimate of drug-likeness (QED) is 0.458. The summed E-state index contributed by atoms with van der Waals surface area (Å²) in [5.74, 6) is -2.14. The predicted molar refractivity (Wildman–Crippen MR) is 73.0 cm³/mol. The largest absolute Gasteiger partial charge is 0.493 e. The molecule has 0 aromatic heterocycles. The van der Waals surface area contributed by atoms with Crippen molar-refractivity contribution in [2.24, 2.45) is 5.92 Å². The highest BCUT2D eigenvalue weighted by Crippen LogP contribution is 2.28. The number of carbonyl (C=O) groups is 3. The van der Waals surface area contributed by atoms with Crippen molar-refractivity contribution in [2.45, 2.75) is 0 Å². The van der Waals surface area contributed by atoms with Gasteiger partial charge < -0.3 is 14.2 Å². The second-order valence-electron chi connectivity index (χ2n) is 4.36. The summed E-state index contributed by atoms with van der Waals surface area (Å²) in [7, 11) is 3.03. The molecule has 0 N–H and O–H groups in total. The number of esters is 1. The molecule has 1 aromatic carbocycles. The van der Waals surface area contributed by atoms with Crippen molar-refractivity contribution in [3.8, 4) is 11.5 Å². The van der Waals surface area contributed by atoms with Crippen molar-refractivity contribution >= 4 is 23.6 Å².